The molecule has 2 saturated carbocycles. The van der Waals surface area contributed by atoms with Crippen LogP contribution in [0.1, 0.15) is 53.4 Å². The molecular formula is C15H26O. The number of fused-ring (bicyclic) bond motifs is 1. The molecule has 0 aromatic carbocycles. The zero-order valence-corrected chi connectivity index (χ0v) is 11.2. The van der Waals surface area contributed by atoms with Gasteiger partial charge in [0, 0.05) is 12.3 Å². The molecule has 0 saturated heterocycles. The molecule has 1 heteroatoms. The summed E-state index contributed by atoms with van der Waals surface area (Å²) in [4.78, 5) is 12.1. The standard InChI is InChI=1S/C15H26O/c1-9(2)12-6-5-10(3)15-13(8-12)11(4)7-14(15)16/h9-13,15H,5-8H2,1-4H3. The Balaban J connectivity index is 2.18. The second-order valence-electron chi connectivity index (χ2n) is 6.63. The Morgan fingerprint density at radius 2 is 1.81 bits per heavy atom. The van der Waals surface area contributed by atoms with Crippen LogP contribution in [0.4, 0.5) is 0 Å². The van der Waals surface area contributed by atoms with E-state index < -0.39 is 0 Å². The highest BCUT2D eigenvalue weighted by Gasteiger charge is 2.45. The largest absolute Gasteiger partial charge is 0.299 e. The van der Waals surface area contributed by atoms with E-state index in [2.05, 4.69) is 27.7 Å². The third-order valence-electron chi connectivity index (χ3n) is 5.21. The topological polar surface area (TPSA) is 17.1 Å². The fourth-order valence-electron chi connectivity index (χ4n) is 4.05. The van der Waals surface area contributed by atoms with Gasteiger partial charge < -0.3 is 0 Å². The smallest absolute Gasteiger partial charge is 0.136 e. The third-order valence-corrected chi connectivity index (χ3v) is 5.21. The quantitative estimate of drug-likeness (QED) is 0.657. The van der Waals surface area contributed by atoms with Crippen LogP contribution in [0.15, 0.2) is 0 Å². The summed E-state index contributed by atoms with van der Waals surface area (Å²) < 4.78 is 0. The highest BCUT2D eigenvalue weighted by Crippen LogP contribution is 2.47. The van der Waals surface area contributed by atoms with Crippen LogP contribution in [0.3, 0.4) is 0 Å². The molecule has 0 N–H and O–H groups in total. The van der Waals surface area contributed by atoms with Gasteiger partial charge in [0.2, 0.25) is 0 Å². The van der Waals surface area contributed by atoms with Gasteiger partial charge in [-0.3, -0.25) is 4.79 Å². The fraction of sp³-hybridized carbons (Fsp3) is 0.933. The molecule has 2 aliphatic carbocycles. The van der Waals surface area contributed by atoms with Crippen LogP contribution in [0.2, 0.25) is 0 Å². The summed E-state index contributed by atoms with van der Waals surface area (Å²) in [7, 11) is 0. The van der Waals surface area contributed by atoms with Crippen LogP contribution in [-0.2, 0) is 4.79 Å². The van der Waals surface area contributed by atoms with E-state index in [1.807, 2.05) is 0 Å². The highest BCUT2D eigenvalue weighted by atomic mass is 16.1. The van der Waals surface area contributed by atoms with E-state index in [0.29, 0.717) is 29.5 Å². The average Bonchev–Trinajstić information content (AvgIpc) is 2.39. The first kappa shape index (κ1) is 12.1. The van der Waals surface area contributed by atoms with Gasteiger partial charge in [-0.2, -0.15) is 0 Å². The molecule has 1 nitrogen and oxygen atoms in total. The van der Waals surface area contributed by atoms with Gasteiger partial charge in [0.05, 0.1) is 0 Å². The van der Waals surface area contributed by atoms with Crippen molar-refractivity contribution in [2.24, 2.45) is 35.5 Å². The number of rotatable bonds is 1. The molecule has 0 bridgehead atoms. The van der Waals surface area contributed by atoms with Gasteiger partial charge in [-0.15, -0.1) is 0 Å². The molecule has 0 spiro atoms. The molecule has 16 heavy (non-hydrogen) atoms. The third kappa shape index (κ3) is 2.06. The molecule has 0 radical (unpaired) electrons. The number of carbonyl (C=O) groups is 1. The first-order valence-corrected chi connectivity index (χ1v) is 7.03. The Hall–Kier alpha value is -0.330. The zero-order chi connectivity index (χ0) is 11.9. The maximum Gasteiger partial charge on any atom is 0.136 e. The molecule has 5 atom stereocenters. The van der Waals surface area contributed by atoms with Crippen molar-refractivity contribution in [3.63, 3.8) is 0 Å². The maximum atomic E-state index is 12.1. The lowest BCUT2D eigenvalue weighted by atomic mass is 9.78. The Morgan fingerprint density at radius 1 is 1.12 bits per heavy atom. The van der Waals surface area contributed by atoms with Crippen LogP contribution < -0.4 is 0 Å². The molecule has 92 valence electrons. The van der Waals surface area contributed by atoms with Crippen molar-refractivity contribution in [3.8, 4) is 0 Å². The first-order chi connectivity index (χ1) is 7.50. The number of ketones is 1. The van der Waals surface area contributed by atoms with Crippen molar-refractivity contribution in [3.05, 3.63) is 0 Å². The Kier molecular flexibility index (Phi) is 3.42. The molecular weight excluding hydrogens is 196 g/mol. The van der Waals surface area contributed by atoms with E-state index in [1.54, 1.807) is 0 Å². The normalized spacial score (nSPS) is 44.6. The minimum atomic E-state index is 0.402. The van der Waals surface area contributed by atoms with E-state index in [1.165, 1.54) is 19.3 Å². The van der Waals surface area contributed by atoms with Gasteiger partial charge in [0.1, 0.15) is 5.78 Å². The molecule has 2 rings (SSSR count). The van der Waals surface area contributed by atoms with E-state index >= 15 is 0 Å². The van der Waals surface area contributed by atoms with Crippen LogP contribution in [0, 0.1) is 35.5 Å². The van der Waals surface area contributed by atoms with Gasteiger partial charge in [-0.1, -0.05) is 27.7 Å². The minimum absolute atomic E-state index is 0.402. The summed E-state index contributed by atoms with van der Waals surface area (Å²) in [6.07, 6.45) is 4.76. The summed E-state index contributed by atoms with van der Waals surface area (Å²) >= 11 is 0. The number of Topliss-reactive ketones (excluding diaryl/α,β-unsaturated/α-hetero) is 1. The summed E-state index contributed by atoms with van der Waals surface area (Å²) in [5.74, 6) is 4.57. The first-order valence-electron chi connectivity index (χ1n) is 7.03. The molecule has 0 amide bonds. The number of hydrogen-bond acceptors (Lipinski definition) is 1. The van der Waals surface area contributed by atoms with Crippen LogP contribution >= 0.6 is 0 Å². The molecule has 0 aliphatic heterocycles. The van der Waals surface area contributed by atoms with E-state index in [9.17, 15) is 4.79 Å². The van der Waals surface area contributed by atoms with Crippen molar-refractivity contribution in [1.82, 2.24) is 0 Å². The summed E-state index contributed by atoms with van der Waals surface area (Å²) in [5, 5.41) is 0. The zero-order valence-electron chi connectivity index (χ0n) is 11.2. The average molecular weight is 222 g/mol. The SMILES string of the molecule is CC(C)C1CCC(C)C2C(=O)CC(C)C2C1. The van der Waals surface area contributed by atoms with Gasteiger partial charge in [0.15, 0.2) is 0 Å². The molecule has 2 aliphatic rings. The fourth-order valence-corrected chi connectivity index (χ4v) is 4.05. The van der Waals surface area contributed by atoms with E-state index in [0.717, 1.165) is 18.3 Å². The van der Waals surface area contributed by atoms with Crippen LogP contribution in [-0.4, -0.2) is 5.78 Å². The van der Waals surface area contributed by atoms with Gasteiger partial charge in [-0.25, -0.2) is 0 Å². The summed E-state index contributed by atoms with van der Waals surface area (Å²) in [5.41, 5.74) is 0. The lowest BCUT2D eigenvalue weighted by Crippen LogP contribution is -2.23. The monoisotopic (exact) mass is 222 g/mol. The Morgan fingerprint density at radius 3 is 2.44 bits per heavy atom. The van der Waals surface area contributed by atoms with Crippen molar-refractivity contribution in [2.45, 2.75) is 53.4 Å². The van der Waals surface area contributed by atoms with Crippen molar-refractivity contribution in [2.75, 3.05) is 0 Å². The summed E-state index contributed by atoms with van der Waals surface area (Å²) in [6.45, 7) is 9.28. The van der Waals surface area contributed by atoms with E-state index in [-0.39, 0.29) is 0 Å². The minimum Gasteiger partial charge on any atom is -0.299 e. The number of hydrogen-bond donors (Lipinski definition) is 0. The summed E-state index contributed by atoms with van der Waals surface area (Å²) in [6, 6.07) is 0. The predicted octanol–water partition coefficient (Wildman–Crippen LogP) is 3.92. The predicted molar refractivity (Wildman–Crippen MR) is 67.1 cm³/mol. The van der Waals surface area contributed by atoms with Crippen molar-refractivity contribution in [1.29, 1.82) is 0 Å². The second-order valence-corrected chi connectivity index (χ2v) is 6.63. The number of carbonyl (C=O) groups excluding carboxylic acids is 1. The van der Waals surface area contributed by atoms with Crippen molar-refractivity contribution >= 4 is 5.78 Å². The van der Waals surface area contributed by atoms with Gasteiger partial charge in [-0.05, 0) is 48.9 Å². The van der Waals surface area contributed by atoms with Crippen LogP contribution in [0.5, 0.6) is 0 Å². The lowest BCUT2D eigenvalue weighted by Gasteiger charge is -2.26. The van der Waals surface area contributed by atoms with Gasteiger partial charge in [0.25, 0.3) is 0 Å². The maximum absolute atomic E-state index is 12.1. The molecule has 0 heterocycles. The van der Waals surface area contributed by atoms with Gasteiger partial charge >= 0.3 is 0 Å². The lowest BCUT2D eigenvalue weighted by molar-refractivity contribution is -0.122. The molecule has 0 aromatic rings. The molecule has 0 aromatic heterocycles. The Bertz CT molecular complexity index is 269. The van der Waals surface area contributed by atoms with E-state index in [4.69, 9.17) is 0 Å². The molecule has 5 unspecified atom stereocenters. The molecule has 2 fully saturated rings. The van der Waals surface area contributed by atoms with Crippen LogP contribution in [0.25, 0.3) is 0 Å². The highest BCUT2D eigenvalue weighted by molar-refractivity contribution is 5.84. The Labute approximate surface area is 100.0 Å². The van der Waals surface area contributed by atoms with Crippen molar-refractivity contribution < 1.29 is 4.79 Å². The second kappa shape index (κ2) is 4.50.